The summed E-state index contributed by atoms with van der Waals surface area (Å²) in [6.07, 6.45) is 0. The van der Waals surface area contributed by atoms with Crippen LogP contribution in [0.15, 0.2) is 0 Å². The molecule has 84 valence electrons. The summed E-state index contributed by atoms with van der Waals surface area (Å²) in [7, 11) is -3.09. The van der Waals surface area contributed by atoms with Gasteiger partial charge in [-0.1, -0.05) is 34.6 Å². The lowest BCUT2D eigenvalue weighted by molar-refractivity contribution is 0.267. The number of hydrogen-bond donors (Lipinski definition) is 1. The Labute approximate surface area is 87.3 Å². The third kappa shape index (κ3) is 2.11. The molecule has 2 atom stereocenters. The van der Waals surface area contributed by atoms with E-state index < -0.39 is 10.0 Å². The summed E-state index contributed by atoms with van der Waals surface area (Å²) in [5.41, 5.74) is -0.183. The van der Waals surface area contributed by atoms with Crippen LogP contribution in [0, 0.1) is 17.3 Å². The Balaban J connectivity index is 3.06. The Morgan fingerprint density at radius 3 is 2.07 bits per heavy atom. The first-order chi connectivity index (χ1) is 6.16. The third-order valence-electron chi connectivity index (χ3n) is 2.95. The molecule has 0 aromatic heterocycles. The predicted octanol–water partition coefficient (Wildman–Crippen LogP) is 1.61. The summed E-state index contributed by atoms with van der Waals surface area (Å²) in [4.78, 5) is 0. The van der Waals surface area contributed by atoms with Crippen LogP contribution in [0.4, 0.5) is 0 Å². The SMILES string of the molecule is CC(C)C1CNS(=O)(=O)C1C(C)(C)C. The van der Waals surface area contributed by atoms with Gasteiger partial charge in [-0.3, -0.25) is 0 Å². The van der Waals surface area contributed by atoms with Crippen LogP contribution in [0.25, 0.3) is 0 Å². The highest BCUT2D eigenvalue weighted by molar-refractivity contribution is 7.90. The minimum atomic E-state index is -3.09. The highest BCUT2D eigenvalue weighted by Gasteiger charge is 2.47. The maximum Gasteiger partial charge on any atom is 0.215 e. The molecule has 0 aromatic carbocycles. The molecule has 0 amide bonds. The smallest absolute Gasteiger partial charge is 0.215 e. The van der Waals surface area contributed by atoms with Gasteiger partial charge in [0.05, 0.1) is 5.25 Å². The fourth-order valence-corrected chi connectivity index (χ4v) is 4.74. The predicted molar refractivity (Wildman–Crippen MR) is 58.5 cm³/mol. The minimum absolute atomic E-state index is 0.183. The number of nitrogens with one attached hydrogen (secondary N) is 1. The van der Waals surface area contributed by atoms with Crippen molar-refractivity contribution in [3.63, 3.8) is 0 Å². The molecule has 3 nitrogen and oxygen atoms in total. The van der Waals surface area contributed by atoms with Crippen LogP contribution in [0.3, 0.4) is 0 Å². The van der Waals surface area contributed by atoms with Gasteiger partial charge in [0.1, 0.15) is 0 Å². The Morgan fingerprint density at radius 1 is 1.29 bits per heavy atom. The fraction of sp³-hybridized carbons (Fsp3) is 1.00. The largest absolute Gasteiger partial charge is 0.215 e. The van der Waals surface area contributed by atoms with Gasteiger partial charge in [0, 0.05) is 6.54 Å². The summed E-state index contributed by atoms with van der Waals surface area (Å²) in [5, 5.41) is -0.255. The van der Waals surface area contributed by atoms with Gasteiger partial charge in [-0.05, 0) is 17.3 Å². The molecule has 1 N–H and O–H groups in total. The van der Waals surface area contributed by atoms with E-state index in [0.717, 1.165) is 0 Å². The van der Waals surface area contributed by atoms with E-state index in [1.807, 2.05) is 20.8 Å². The van der Waals surface area contributed by atoms with Crippen molar-refractivity contribution in [3.05, 3.63) is 0 Å². The molecule has 0 bridgehead atoms. The maximum absolute atomic E-state index is 11.8. The second-order valence-electron chi connectivity index (χ2n) is 5.59. The van der Waals surface area contributed by atoms with Crippen LogP contribution in [0.1, 0.15) is 34.6 Å². The lowest BCUT2D eigenvalue weighted by Crippen LogP contribution is -2.39. The first-order valence-electron chi connectivity index (χ1n) is 5.15. The standard InChI is InChI=1S/C10H21NO2S/c1-7(2)8-6-11-14(12,13)9(8)10(3,4)5/h7-9,11H,6H2,1-5H3. The van der Waals surface area contributed by atoms with Crippen molar-refractivity contribution >= 4 is 10.0 Å². The average Bonchev–Trinajstić information content (AvgIpc) is 2.23. The molecule has 2 unspecified atom stereocenters. The van der Waals surface area contributed by atoms with Gasteiger partial charge in [-0.25, -0.2) is 13.1 Å². The Morgan fingerprint density at radius 2 is 1.79 bits per heavy atom. The molecule has 0 spiro atoms. The van der Waals surface area contributed by atoms with Gasteiger partial charge < -0.3 is 0 Å². The van der Waals surface area contributed by atoms with Crippen LogP contribution < -0.4 is 4.72 Å². The number of hydrogen-bond acceptors (Lipinski definition) is 2. The molecular formula is C10H21NO2S. The van der Waals surface area contributed by atoms with E-state index in [1.165, 1.54) is 0 Å². The van der Waals surface area contributed by atoms with Gasteiger partial charge >= 0.3 is 0 Å². The molecule has 1 aliphatic rings. The van der Waals surface area contributed by atoms with Crippen molar-refractivity contribution < 1.29 is 8.42 Å². The van der Waals surface area contributed by atoms with Gasteiger partial charge in [0.25, 0.3) is 0 Å². The topological polar surface area (TPSA) is 46.2 Å². The number of sulfonamides is 1. The minimum Gasteiger partial charge on any atom is -0.215 e. The zero-order valence-electron chi connectivity index (χ0n) is 9.66. The van der Waals surface area contributed by atoms with Gasteiger partial charge in [0.2, 0.25) is 10.0 Å². The quantitative estimate of drug-likeness (QED) is 0.728. The Hall–Kier alpha value is -0.0900. The maximum atomic E-state index is 11.8. The first-order valence-corrected chi connectivity index (χ1v) is 6.69. The lowest BCUT2D eigenvalue weighted by Gasteiger charge is -2.31. The third-order valence-corrected chi connectivity index (χ3v) is 5.25. The molecular weight excluding hydrogens is 198 g/mol. The van der Waals surface area contributed by atoms with Gasteiger partial charge in [-0.15, -0.1) is 0 Å². The van der Waals surface area contributed by atoms with Crippen LogP contribution in [-0.2, 0) is 10.0 Å². The molecule has 0 aromatic rings. The lowest BCUT2D eigenvalue weighted by atomic mass is 9.79. The highest BCUT2D eigenvalue weighted by atomic mass is 32.2. The molecule has 1 heterocycles. The second kappa shape index (κ2) is 3.49. The van der Waals surface area contributed by atoms with Gasteiger partial charge in [0.15, 0.2) is 0 Å². The molecule has 1 fully saturated rings. The summed E-state index contributed by atoms with van der Waals surface area (Å²) >= 11 is 0. The average molecular weight is 219 g/mol. The van der Waals surface area contributed by atoms with E-state index in [0.29, 0.717) is 12.5 Å². The monoisotopic (exact) mass is 219 g/mol. The van der Waals surface area contributed by atoms with Crippen molar-refractivity contribution in [1.29, 1.82) is 0 Å². The number of rotatable bonds is 1. The molecule has 1 aliphatic heterocycles. The Kier molecular flexibility index (Phi) is 2.99. The molecule has 0 aliphatic carbocycles. The zero-order chi connectivity index (χ0) is 11.1. The Bertz CT molecular complexity index is 301. The van der Waals surface area contributed by atoms with E-state index in [-0.39, 0.29) is 16.6 Å². The molecule has 4 heteroatoms. The molecule has 14 heavy (non-hydrogen) atoms. The normalized spacial score (nSPS) is 32.4. The summed E-state index contributed by atoms with van der Waals surface area (Å²) in [5.74, 6) is 0.643. The molecule has 1 saturated heterocycles. The van der Waals surface area contributed by atoms with Crippen molar-refractivity contribution in [2.75, 3.05) is 6.54 Å². The van der Waals surface area contributed by atoms with Crippen molar-refractivity contribution in [1.82, 2.24) is 4.72 Å². The molecule has 0 saturated carbocycles. The van der Waals surface area contributed by atoms with Crippen molar-refractivity contribution in [2.45, 2.75) is 39.9 Å². The summed E-state index contributed by atoms with van der Waals surface area (Å²) in [6.45, 7) is 10.8. The van der Waals surface area contributed by atoms with Crippen LogP contribution in [0.2, 0.25) is 0 Å². The fourth-order valence-electron chi connectivity index (χ4n) is 2.33. The van der Waals surface area contributed by atoms with E-state index in [4.69, 9.17) is 0 Å². The zero-order valence-corrected chi connectivity index (χ0v) is 10.5. The van der Waals surface area contributed by atoms with E-state index in [2.05, 4.69) is 18.6 Å². The second-order valence-corrected chi connectivity index (χ2v) is 7.47. The van der Waals surface area contributed by atoms with Crippen LogP contribution in [-0.4, -0.2) is 20.2 Å². The van der Waals surface area contributed by atoms with Crippen LogP contribution >= 0.6 is 0 Å². The van der Waals surface area contributed by atoms with Crippen molar-refractivity contribution in [2.24, 2.45) is 17.3 Å². The molecule has 0 radical (unpaired) electrons. The highest BCUT2D eigenvalue weighted by Crippen LogP contribution is 2.37. The van der Waals surface area contributed by atoms with E-state index in [9.17, 15) is 8.42 Å². The van der Waals surface area contributed by atoms with E-state index in [1.54, 1.807) is 0 Å². The first kappa shape index (κ1) is 12.0. The molecule has 1 rings (SSSR count). The van der Waals surface area contributed by atoms with Gasteiger partial charge in [-0.2, -0.15) is 0 Å². The van der Waals surface area contributed by atoms with Crippen LogP contribution in [0.5, 0.6) is 0 Å². The van der Waals surface area contributed by atoms with Crippen molar-refractivity contribution in [3.8, 4) is 0 Å². The summed E-state index contributed by atoms with van der Waals surface area (Å²) < 4.78 is 26.3. The summed E-state index contributed by atoms with van der Waals surface area (Å²) in [6, 6.07) is 0. The van der Waals surface area contributed by atoms with E-state index >= 15 is 0 Å².